The molecule has 0 amide bonds. The number of allylic oxidation sites excluding steroid dienone is 4. The van der Waals surface area contributed by atoms with Crippen molar-refractivity contribution < 1.29 is 10.2 Å². The van der Waals surface area contributed by atoms with E-state index in [-0.39, 0.29) is 5.75 Å². The second kappa shape index (κ2) is 9.36. The highest BCUT2D eigenvalue weighted by atomic mass is 16.3. The van der Waals surface area contributed by atoms with Gasteiger partial charge >= 0.3 is 0 Å². The van der Waals surface area contributed by atoms with Gasteiger partial charge in [0.1, 0.15) is 5.75 Å². The molecule has 1 aromatic carbocycles. The van der Waals surface area contributed by atoms with Crippen molar-refractivity contribution in [2.24, 2.45) is 0 Å². The Balaban J connectivity index is 2.47. The van der Waals surface area contributed by atoms with Gasteiger partial charge in [0.15, 0.2) is 0 Å². The summed E-state index contributed by atoms with van der Waals surface area (Å²) in [6, 6.07) is 7.01. The van der Waals surface area contributed by atoms with E-state index in [2.05, 4.69) is 32.9 Å². The van der Waals surface area contributed by atoms with E-state index in [1.54, 1.807) is 24.3 Å². The summed E-state index contributed by atoms with van der Waals surface area (Å²) in [5, 5.41) is 19.9. The van der Waals surface area contributed by atoms with Gasteiger partial charge in [-0.1, -0.05) is 47.6 Å². The lowest BCUT2D eigenvalue weighted by Crippen LogP contribution is -2.19. The first kappa shape index (κ1) is 19.2. The Bertz CT molecular complexity index is 573. The van der Waals surface area contributed by atoms with Gasteiger partial charge in [-0.15, -0.1) is 0 Å². The van der Waals surface area contributed by atoms with E-state index in [0.717, 1.165) is 24.8 Å². The van der Waals surface area contributed by atoms with Crippen molar-refractivity contribution >= 4 is 6.08 Å². The van der Waals surface area contributed by atoms with Gasteiger partial charge in [0.25, 0.3) is 0 Å². The molecule has 0 saturated carbocycles. The van der Waals surface area contributed by atoms with Crippen LogP contribution in [-0.2, 0) is 0 Å². The molecule has 2 heteroatoms. The predicted octanol–water partition coefficient (Wildman–Crippen LogP) is 5.63. The lowest BCUT2D eigenvalue weighted by molar-refractivity contribution is 0.104. The number of hydrogen-bond donors (Lipinski definition) is 2. The van der Waals surface area contributed by atoms with Gasteiger partial charge in [-0.25, -0.2) is 0 Å². The molecule has 0 saturated heterocycles. The minimum Gasteiger partial charge on any atom is -0.508 e. The normalized spacial score (nSPS) is 14.7. The van der Waals surface area contributed by atoms with E-state index in [9.17, 15) is 10.2 Å². The monoisotopic (exact) mass is 314 g/mol. The molecule has 1 atom stereocenters. The van der Waals surface area contributed by atoms with Crippen molar-refractivity contribution in [2.45, 2.75) is 59.0 Å². The summed E-state index contributed by atoms with van der Waals surface area (Å²) in [6.45, 7) is 8.21. The summed E-state index contributed by atoms with van der Waals surface area (Å²) in [6.07, 6.45) is 11.8. The van der Waals surface area contributed by atoms with Crippen LogP contribution in [0.15, 0.2) is 53.6 Å². The maximum absolute atomic E-state index is 10.4. The van der Waals surface area contributed by atoms with Crippen molar-refractivity contribution in [3.8, 4) is 5.75 Å². The van der Waals surface area contributed by atoms with Crippen molar-refractivity contribution in [1.82, 2.24) is 0 Å². The molecular formula is C21H30O2. The van der Waals surface area contributed by atoms with E-state index in [0.29, 0.717) is 6.42 Å². The number of phenols is 1. The third-order valence-corrected chi connectivity index (χ3v) is 3.74. The molecule has 0 heterocycles. The summed E-state index contributed by atoms with van der Waals surface area (Å²) in [4.78, 5) is 0. The van der Waals surface area contributed by atoms with Crippen LogP contribution in [0.4, 0.5) is 0 Å². The first-order valence-electron chi connectivity index (χ1n) is 8.28. The molecule has 2 N–H and O–H groups in total. The smallest absolute Gasteiger partial charge is 0.116 e. The molecule has 0 aliphatic carbocycles. The molecule has 0 aliphatic rings. The molecule has 0 spiro atoms. The molecule has 23 heavy (non-hydrogen) atoms. The van der Waals surface area contributed by atoms with E-state index in [1.165, 1.54) is 11.1 Å². The molecule has 0 radical (unpaired) electrons. The van der Waals surface area contributed by atoms with Crippen LogP contribution in [-0.4, -0.2) is 15.8 Å². The SMILES string of the molecule is CC(C)=CCC/C(C)=C/CCC(C)(O)/C=C\c1cccc(O)c1. The number of benzene rings is 1. The first-order valence-corrected chi connectivity index (χ1v) is 8.28. The van der Waals surface area contributed by atoms with Crippen LogP contribution in [0.3, 0.4) is 0 Å². The quantitative estimate of drug-likeness (QED) is 0.610. The van der Waals surface area contributed by atoms with Crippen LogP contribution < -0.4 is 0 Å². The van der Waals surface area contributed by atoms with Crippen LogP contribution in [0.1, 0.15) is 58.9 Å². The highest BCUT2D eigenvalue weighted by Gasteiger charge is 2.14. The molecule has 0 bridgehead atoms. The standard InChI is InChI=1S/C21H30O2/c1-17(2)8-5-9-18(3)10-7-14-21(4,23)15-13-19-11-6-12-20(22)16-19/h6,8,10-13,15-16,22-23H,5,7,9,14H2,1-4H3/b15-13-,18-10+. The fourth-order valence-electron chi connectivity index (χ4n) is 2.29. The lowest BCUT2D eigenvalue weighted by Gasteiger charge is -2.18. The third kappa shape index (κ3) is 9.04. The maximum Gasteiger partial charge on any atom is 0.116 e. The highest BCUT2D eigenvalue weighted by molar-refractivity contribution is 5.52. The van der Waals surface area contributed by atoms with Gasteiger partial charge in [-0.2, -0.15) is 0 Å². The number of aliphatic hydroxyl groups is 1. The highest BCUT2D eigenvalue weighted by Crippen LogP contribution is 2.19. The first-order chi connectivity index (χ1) is 10.8. The van der Waals surface area contributed by atoms with Gasteiger partial charge in [0, 0.05) is 0 Å². The zero-order chi connectivity index (χ0) is 17.3. The van der Waals surface area contributed by atoms with E-state index < -0.39 is 5.60 Å². The molecule has 1 aromatic rings. The Labute approximate surface area is 140 Å². The second-order valence-corrected chi connectivity index (χ2v) is 6.69. The van der Waals surface area contributed by atoms with Gasteiger partial charge in [0.05, 0.1) is 5.60 Å². The van der Waals surface area contributed by atoms with Crippen LogP contribution in [0.25, 0.3) is 6.08 Å². The summed E-state index contributed by atoms with van der Waals surface area (Å²) in [5.41, 5.74) is 2.77. The molecule has 126 valence electrons. The van der Waals surface area contributed by atoms with Gasteiger partial charge in [0.2, 0.25) is 0 Å². The molecule has 2 nitrogen and oxygen atoms in total. The molecule has 0 aliphatic heterocycles. The van der Waals surface area contributed by atoms with Crippen LogP contribution in [0.2, 0.25) is 0 Å². The molecular weight excluding hydrogens is 284 g/mol. The van der Waals surface area contributed by atoms with Gasteiger partial charge in [-0.05, 0) is 71.1 Å². The molecule has 1 rings (SSSR count). The molecule has 1 unspecified atom stereocenters. The minimum atomic E-state index is -0.845. The third-order valence-electron chi connectivity index (χ3n) is 3.74. The number of rotatable bonds is 8. The van der Waals surface area contributed by atoms with Crippen molar-refractivity contribution in [3.05, 3.63) is 59.2 Å². The maximum atomic E-state index is 10.4. The summed E-state index contributed by atoms with van der Waals surface area (Å²) in [7, 11) is 0. The summed E-state index contributed by atoms with van der Waals surface area (Å²) in [5.74, 6) is 0.238. The number of hydrogen-bond acceptors (Lipinski definition) is 2. The Morgan fingerprint density at radius 3 is 2.52 bits per heavy atom. The van der Waals surface area contributed by atoms with E-state index >= 15 is 0 Å². The zero-order valence-electron chi connectivity index (χ0n) is 14.8. The minimum absolute atomic E-state index is 0.238. The predicted molar refractivity (Wildman–Crippen MR) is 99.4 cm³/mol. The average molecular weight is 314 g/mol. The average Bonchev–Trinajstić information content (AvgIpc) is 2.45. The fraction of sp³-hybridized carbons (Fsp3) is 0.429. The Hall–Kier alpha value is -1.80. The van der Waals surface area contributed by atoms with E-state index in [1.807, 2.05) is 19.1 Å². The zero-order valence-corrected chi connectivity index (χ0v) is 14.8. The Kier molecular flexibility index (Phi) is 7.84. The lowest BCUT2D eigenvalue weighted by atomic mass is 9.97. The molecule has 0 aromatic heterocycles. The van der Waals surface area contributed by atoms with Crippen LogP contribution in [0, 0.1) is 0 Å². The van der Waals surface area contributed by atoms with Crippen molar-refractivity contribution in [2.75, 3.05) is 0 Å². The molecule has 0 fully saturated rings. The second-order valence-electron chi connectivity index (χ2n) is 6.69. The van der Waals surface area contributed by atoms with E-state index in [4.69, 9.17) is 0 Å². The van der Waals surface area contributed by atoms with Crippen LogP contribution >= 0.6 is 0 Å². The Morgan fingerprint density at radius 1 is 1.13 bits per heavy atom. The largest absolute Gasteiger partial charge is 0.508 e. The number of aromatic hydroxyl groups is 1. The van der Waals surface area contributed by atoms with Gasteiger partial charge in [-0.3, -0.25) is 0 Å². The summed E-state index contributed by atoms with van der Waals surface area (Å²) >= 11 is 0. The fourth-order valence-corrected chi connectivity index (χ4v) is 2.29. The van der Waals surface area contributed by atoms with Crippen molar-refractivity contribution in [1.29, 1.82) is 0 Å². The Morgan fingerprint density at radius 2 is 1.87 bits per heavy atom. The topological polar surface area (TPSA) is 40.5 Å². The van der Waals surface area contributed by atoms with Gasteiger partial charge < -0.3 is 10.2 Å². The summed E-state index contributed by atoms with van der Waals surface area (Å²) < 4.78 is 0. The van der Waals surface area contributed by atoms with Crippen molar-refractivity contribution in [3.63, 3.8) is 0 Å². The van der Waals surface area contributed by atoms with Crippen LogP contribution in [0.5, 0.6) is 5.75 Å². The number of phenolic OH excluding ortho intramolecular Hbond substituents is 1.